The van der Waals surface area contributed by atoms with Crippen molar-refractivity contribution in [1.82, 2.24) is 0 Å². The van der Waals surface area contributed by atoms with Crippen LogP contribution in [0.2, 0.25) is 0 Å². The maximum absolute atomic E-state index is 2.53. The van der Waals surface area contributed by atoms with Crippen molar-refractivity contribution in [3.8, 4) is 0 Å². The van der Waals surface area contributed by atoms with E-state index in [1.807, 2.05) is 0 Å². The van der Waals surface area contributed by atoms with Crippen molar-refractivity contribution in [2.45, 2.75) is 47.0 Å². The van der Waals surface area contributed by atoms with Crippen molar-refractivity contribution in [2.75, 3.05) is 0 Å². The lowest BCUT2D eigenvalue weighted by Gasteiger charge is -2.29. The predicted molar refractivity (Wildman–Crippen MR) is 50.3 cm³/mol. The molecule has 1 fully saturated rings. The summed E-state index contributed by atoms with van der Waals surface area (Å²) >= 11 is 0. The molecule has 0 nitrogen and oxygen atoms in total. The number of hydrogen-bond acceptors (Lipinski definition) is 0. The molecule has 1 aliphatic rings. The summed E-state index contributed by atoms with van der Waals surface area (Å²) in [6, 6.07) is 0. The second-order valence-electron chi connectivity index (χ2n) is 4.84. The van der Waals surface area contributed by atoms with Crippen LogP contribution < -0.4 is 0 Å². The Balaban J connectivity index is 2.58. The average Bonchev–Trinajstić information content (AvgIpc) is 1.94. The Morgan fingerprint density at radius 2 is 1.91 bits per heavy atom. The average molecular weight is 153 g/mol. The summed E-state index contributed by atoms with van der Waals surface area (Å²) in [5, 5.41) is 0. The van der Waals surface area contributed by atoms with Crippen LogP contribution >= 0.6 is 0 Å². The van der Waals surface area contributed by atoms with E-state index in [2.05, 4.69) is 34.1 Å². The van der Waals surface area contributed by atoms with Gasteiger partial charge >= 0.3 is 0 Å². The Bertz CT molecular complexity index is 124. The third-order valence-corrected chi connectivity index (χ3v) is 3.33. The third kappa shape index (κ3) is 2.21. The van der Waals surface area contributed by atoms with Gasteiger partial charge in [0.1, 0.15) is 0 Å². The molecule has 0 aromatic rings. The maximum atomic E-state index is 2.53. The van der Waals surface area contributed by atoms with Crippen LogP contribution in [0.5, 0.6) is 0 Å². The largest absolute Gasteiger partial charge is 0.0622 e. The molecule has 65 valence electrons. The Morgan fingerprint density at radius 1 is 1.27 bits per heavy atom. The first-order chi connectivity index (χ1) is 5.02. The zero-order valence-electron chi connectivity index (χ0n) is 8.35. The zero-order chi connectivity index (χ0) is 8.48. The second-order valence-corrected chi connectivity index (χ2v) is 4.84. The van der Waals surface area contributed by atoms with Crippen molar-refractivity contribution < 1.29 is 0 Å². The summed E-state index contributed by atoms with van der Waals surface area (Å²) in [7, 11) is 0. The Morgan fingerprint density at radius 3 is 2.55 bits per heavy atom. The first-order valence-electron chi connectivity index (χ1n) is 4.87. The summed E-state index contributed by atoms with van der Waals surface area (Å²) in [6.07, 6.45) is 6.74. The van der Waals surface area contributed by atoms with Gasteiger partial charge in [0.25, 0.3) is 0 Å². The molecule has 0 aliphatic heterocycles. The van der Waals surface area contributed by atoms with Gasteiger partial charge in [0, 0.05) is 0 Å². The van der Waals surface area contributed by atoms with Crippen LogP contribution in [0, 0.1) is 23.7 Å². The summed E-state index contributed by atoms with van der Waals surface area (Å²) in [5.74, 6) is 1.63. The smallest absolute Gasteiger partial charge is 0.0324 e. The van der Waals surface area contributed by atoms with Crippen molar-refractivity contribution >= 4 is 0 Å². The lowest BCUT2D eigenvalue weighted by Crippen LogP contribution is -2.20. The molecule has 11 heavy (non-hydrogen) atoms. The van der Waals surface area contributed by atoms with Crippen molar-refractivity contribution in [3.05, 3.63) is 6.42 Å². The SMILES string of the molecule is CC1[CH]C(C)C(C)(C)CCC1. The van der Waals surface area contributed by atoms with Gasteiger partial charge in [-0.25, -0.2) is 0 Å². The monoisotopic (exact) mass is 153 g/mol. The lowest BCUT2D eigenvalue weighted by atomic mass is 9.76. The molecule has 2 unspecified atom stereocenters. The second kappa shape index (κ2) is 3.16. The highest BCUT2D eigenvalue weighted by Crippen LogP contribution is 2.39. The van der Waals surface area contributed by atoms with Crippen LogP contribution in [0.1, 0.15) is 47.0 Å². The van der Waals surface area contributed by atoms with Crippen LogP contribution in [-0.4, -0.2) is 0 Å². The van der Waals surface area contributed by atoms with Gasteiger partial charge < -0.3 is 0 Å². The fourth-order valence-corrected chi connectivity index (χ4v) is 1.96. The van der Waals surface area contributed by atoms with Gasteiger partial charge in [-0.05, 0) is 30.1 Å². The van der Waals surface area contributed by atoms with E-state index in [1.54, 1.807) is 0 Å². The van der Waals surface area contributed by atoms with Gasteiger partial charge in [-0.1, -0.05) is 40.5 Å². The van der Waals surface area contributed by atoms with Crippen molar-refractivity contribution in [1.29, 1.82) is 0 Å². The fraction of sp³-hybridized carbons (Fsp3) is 0.909. The molecule has 0 aromatic carbocycles. The molecule has 0 bridgehead atoms. The third-order valence-electron chi connectivity index (χ3n) is 3.33. The molecule has 0 aromatic heterocycles. The van der Waals surface area contributed by atoms with E-state index in [4.69, 9.17) is 0 Å². The van der Waals surface area contributed by atoms with E-state index in [9.17, 15) is 0 Å². The van der Waals surface area contributed by atoms with Crippen LogP contribution in [0.25, 0.3) is 0 Å². The minimum absolute atomic E-state index is 0.546. The maximum Gasteiger partial charge on any atom is -0.0324 e. The molecule has 0 heteroatoms. The van der Waals surface area contributed by atoms with Crippen molar-refractivity contribution in [3.63, 3.8) is 0 Å². The van der Waals surface area contributed by atoms with E-state index in [-0.39, 0.29) is 0 Å². The standard InChI is InChI=1S/C11H21/c1-9-6-5-7-11(3,4)10(2)8-9/h8-10H,5-7H2,1-4H3. The Hall–Kier alpha value is 0. The predicted octanol–water partition coefficient (Wildman–Crippen LogP) is 3.67. The van der Waals surface area contributed by atoms with Gasteiger partial charge in [-0.3, -0.25) is 0 Å². The van der Waals surface area contributed by atoms with Gasteiger partial charge in [-0.2, -0.15) is 0 Å². The van der Waals surface area contributed by atoms with E-state index in [0.29, 0.717) is 5.41 Å². The van der Waals surface area contributed by atoms with Gasteiger partial charge in [0.05, 0.1) is 0 Å². The van der Waals surface area contributed by atoms with E-state index in [1.165, 1.54) is 19.3 Å². The minimum atomic E-state index is 0.546. The molecule has 0 heterocycles. The molecule has 0 amide bonds. The zero-order valence-corrected chi connectivity index (χ0v) is 8.35. The molecule has 1 aliphatic carbocycles. The molecule has 0 saturated heterocycles. The highest BCUT2D eigenvalue weighted by Gasteiger charge is 2.29. The first-order valence-corrected chi connectivity index (χ1v) is 4.87. The molecule has 0 N–H and O–H groups in total. The highest BCUT2D eigenvalue weighted by atomic mass is 14.3. The topological polar surface area (TPSA) is 0 Å². The Labute approximate surface area is 71.4 Å². The van der Waals surface area contributed by atoms with E-state index in [0.717, 1.165) is 11.8 Å². The van der Waals surface area contributed by atoms with E-state index < -0.39 is 0 Å². The van der Waals surface area contributed by atoms with Crippen molar-refractivity contribution in [2.24, 2.45) is 17.3 Å². The molecule has 2 atom stereocenters. The summed E-state index contributed by atoms with van der Waals surface area (Å²) in [5.41, 5.74) is 0.546. The van der Waals surface area contributed by atoms with Crippen LogP contribution in [0.15, 0.2) is 0 Å². The number of rotatable bonds is 0. The lowest BCUT2D eigenvalue weighted by molar-refractivity contribution is 0.245. The van der Waals surface area contributed by atoms with Crippen LogP contribution in [0.4, 0.5) is 0 Å². The van der Waals surface area contributed by atoms with Gasteiger partial charge in [0.15, 0.2) is 0 Å². The van der Waals surface area contributed by atoms with Crippen LogP contribution in [0.3, 0.4) is 0 Å². The molecule has 1 radical (unpaired) electrons. The van der Waals surface area contributed by atoms with Crippen LogP contribution in [-0.2, 0) is 0 Å². The van der Waals surface area contributed by atoms with Gasteiger partial charge in [0.2, 0.25) is 0 Å². The highest BCUT2D eigenvalue weighted by molar-refractivity contribution is 4.91. The summed E-state index contributed by atoms with van der Waals surface area (Å²) < 4.78 is 0. The minimum Gasteiger partial charge on any atom is -0.0622 e. The molecule has 1 saturated carbocycles. The molecular formula is C11H21. The van der Waals surface area contributed by atoms with E-state index >= 15 is 0 Å². The molecule has 0 spiro atoms. The fourth-order valence-electron chi connectivity index (χ4n) is 1.96. The normalized spacial score (nSPS) is 38.2. The number of hydrogen-bond donors (Lipinski definition) is 0. The Kier molecular flexibility index (Phi) is 2.61. The van der Waals surface area contributed by atoms with Gasteiger partial charge in [-0.15, -0.1) is 0 Å². The molecular weight excluding hydrogens is 132 g/mol. The first kappa shape index (κ1) is 9.09. The summed E-state index contributed by atoms with van der Waals surface area (Å²) in [4.78, 5) is 0. The summed E-state index contributed by atoms with van der Waals surface area (Å²) in [6.45, 7) is 9.50. The quantitative estimate of drug-likeness (QED) is 0.466. The molecule has 1 rings (SSSR count).